The van der Waals surface area contributed by atoms with E-state index in [0.717, 1.165) is 12.1 Å². The molecule has 0 aliphatic rings. The number of nitrogens with zero attached hydrogens (tertiary/aromatic N) is 2. The van der Waals surface area contributed by atoms with Gasteiger partial charge in [-0.25, -0.2) is 9.78 Å². The predicted molar refractivity (Wildman–Crippen MR) is 114 cm³/mol. The number of carbonyl (C=O) groups excluding carboxylic acids is 1. The number of anilines is 1. The molecule has 0 unspecified atom stereocenters. The predicted octanol–water partition coefficient (Wildman–Crippen LogP) is 6.37. The van der Waals surface area contributed by atoms with Crippen LogP contribution in [0.15, 0.2) is 73.1 Å². The number of alkyl halides is 6. The largest absolute Gasteiger partial charge is 0.416 e. The van der Waals surface area contributed by atoms with Gasteiger partial charge in [0, 0.05) is 17.4 Å². The lowest BCUT2D eigenvalue weighted by atomic mass is 10.0. The number of halogens is 6. The molecule has 0 saturated carbocycles. The minimum atomic E-state index is -4.53. The van der Waals surface area contributed by atoms with Gasteiger partial charge < -0.3 is 10.6 Å². The highest BCUT2D eigenvalue weighted by atomic mass is 19.4. The number of imidazole rings is 1. The van der Waals surface area contributed by atoms with E-state index in [2.05, 4.69) is 10.3 Å². The van der Waals surface area contributed by atoms with E-state index in [1.165, 1.54) is 12.1 Å². The first-order chi connectivity index (χ1) is 16.0. The average molecular weight is 478 g/mol. The molecule has 0 aliphatic heterocycles. The minimum absolute atomic E-state index is 0.271. The molecule has 0 bridgehead atoms. The third-order valence-corrected chi connectivity index (χ3v) is 4.90. The lowest BCUT2D eigenvalue weighted by molar-refractivity contribution is -0.137. The van der Waals surface area contributed by atoms with Gasteiger partial charge in [-0.2, -0.15) is 26.3 Å². The van der Waals surface area contributed by atoms with Crippen LogP contribution in [0.2, 0.25) is 0 Å². The van der Waals surface area contributed by atoms with Crippen molar-refractivity contribution in [1.82, 2.24) is 14.7 Å². The van der Waals surface area contributed by atoms with E-state index in [-0.39, 0.29) is 5.69 Å². The molecule has 4 rings (SSSR count). The Kier molecular flexibility index (Phi) is 5.94. The maximum atomic E-state index is 13.0. The van der Waals surface area contributed by atoms with Crippen molar-refractivity contribution in [3.63, 3.8) is 0 Å². The van der Waals surface area contributed by atoms with Gasteiger partial charge in [0.05, 0.1) is 17.5 Å². The second-order valence-electron chi connectivity index (χ2n) is 7.37. The average Bonchev–Trinajstić information content (AvgIpc) is 3.20. The first-order valence-electron chi connectivity index (χ1n) is 9.86. The molecule has 0 aliphatic carbocycles. The number of hydrogen-bond donors (Lipinski definition) is 2. The van der Waals surface area contributed by atoms with Crippen LogP contribution < -0.4 is 10.6 Å². The highest BCUT2D eigenvalue weighted by Gasteiger charge is 2.30. The van der Waals surface area contributed by atoms with Gasteiger partial charge in [0.1, 0.15) is 12.2 Å². The number of fused-ring (bicyclic) bond motifs is 1. The molecule has 2 N–H and O–H groups in total. The molecule has 11 heteroatoms. The van der Waals surface area contributed by atoms with Gasteiger partial charge in [-0.1, -0.05) is 24.3 Å². The molecule has 2 amide bonds. The van der Waals surface area contributed by atoms with Crippen molar-refractivity contribution in [3.05, 3.63) is 78.6 Å². The van der Waals surface area contributed by atoms with Crippen LogP contribution in [0.3, 0.4) is 0 Å². The molecule has 0 fully saturated rings. The van der Waals surface area contributed by atoms with Gasteiger partial charge in [-0.15, -0.1) is 0 Å². The molecule has 34 heavy (non-hydrogen) atoms. The van der Waals surface area contributed by atoms with Crippen molar-refractivity contribution in [2.45, 2.75) is 12.4 Å². The number of hydrogen-bond acceptors (Lipinski definition) is 2. The summed E-state index contributed by atoms with van der Waals surface area (Å²) in [6, 6.07) is 13.7. The number of carbonyl (C=O) groups is 1. The molecule has 2 aromatic heterocycles. The number of amides is 2. The lowest BCUT2D eigenvalue weighted by Gasteiger charge is -2.11. The molecule has 2 aromatic carbocycles. The maximum Gasteiger partial charge on any atom is 0.416 e. The zero-order valence-corrected chi connectivity index (χ0v) is 17.2. The van der Waals surface area contributed by atoms with Crippen molar-refractivity contribution >= 4 is 17.4 Å². The Hall–Kier alpha value is -4.02. The van der Waals surface area contributed by atoms with Crippen LogP contribution in [0, 0.1) is 0 Å². The summed E-state index contributed by atoms with van der Waals surface area (Å²) < 4.78 is 77.6. The van der Waals surface area contributed by atoms with Crippen molar-refractivity contribution in [2.75, 3.05) is 11.9 Å². The zero-order chi connectivity index (χ0) is 24.5. The molecule has 0 saturated heterocycles. The molecule has 5 nitrogen and oxygen atoms in total. The van der Waals surface area contributed by atoms with Gasteiger partial charge in [0.2, 0.25) is 0 Å². The Morgan fingerprint density at radius 2 is 1.59 bits per heavy atom. The maximum absolute atomic E-state index is 13.0. The number of rotatable bonds is 4. The summed E-state index contributed by atoms with van der Waals surface area (Å²) in [5.74, 6) is 0. The van der Waals surface area contributed by atoms with E-state index in [9.17, 15) is 31.1 Å². The molecule has 4 aromatic rings. The minimum Gasteiger partial charge on any atom is -0.329 e. The fourth-order valence-electron chi connectivity index (χ4n) is 3.36. The zero-order valence-electron chi connectivity index (χ0n) is 17.2. The van der Waals surface area contributed by atoms with Gasteiger partial charge in [-0.3, -0.25) is 4.40 Å². The fraction of sp³-hybridized carbons (Fsp3) is 0.130. The number of pyridine rings is 1. The van der Waals surface area contributed by atoms with Crippen LogP contribution in [0.4, 0.5) is 36.8 Å². The molecular formula is C23H16F6N4O. The van der Waals surface area contributed by atoms with Crippen molar-refractivity contribution in [2.24, 2.45) is 0 Å². The van der Waals surface area contributed by atoms with E-state index in [1.54, 1.807) is 58.5 Å². The summed E-state index contributed by atoms with van der Waals surface area (Å²) >= 11 is 0. The standard InChI is InChI=1S/C23H16F6N4O/c24-22(25,26)13-31-21(34)32-18-6-2-4-16(10-18)19-12-30-20-11-15(7-8-33(19)20)14-3-1-5-17(9-14)23(27,28)29/h1-12H,13H2,(H2,31,32,34). The van der Waals surface area contributed by atoms with E-state index in [0.29, 0.717) is 28.0 Å². The molecule has 0 spiro atoms. The highest BCUT2D eigenvalue weighted by Crippen LogP contribution is 2.33. The van der Waals surface area contributed by atoms with Gasteiger partial charge in [0.15, 0.2) is 0 Å². The quantitative estimate of drug-likeness (QED) is 0.335. The first kappa shape index (κ1) is 23.1. The van der Waals surface area contributed by atoms with Crippen LogP contribution in [0.5, 0.6) is 0 Å². The second-order valence-corrected chi connectivity index (χ2v) is 7.37. The Balaban J connectivity index is 1.59. The normalized spacial score (nSPS) is 12.1. The van der Waals surface area contributed by atoms with Crippen LogP contribution in [-0.4, -0.2) is 28.1 Å². The summed E-state index contributed by atoms with van der Waals surface area (Å²) in [5, 5.41) is 4.07. The Morgan fingerprint density at radius 3 is 2.32 bits per heavy atom. The van der Waals surface area contributed by atoms with E-state index < -0.39 is 30.5 Å². The summed E-state index contributed by atoms with van der Waals surface area (Å²) in [4.78, 5) is 16.0. The number of urea groups is 1. The van der Waals surface area contributed by atoms with Crippen molar-refractivity contribution in [3.8, 4) is 22.4 Å². The molecule has 0 radical (unpaired) electrons. The Labute approximate surface area is 189 Å². The fourth-order valence-corrected chi connectivity index (χ4v) is 3.36. The van der Waals surface area contributed by atoms with E-state index in [1.807, 2.05) is 0 Å². The summed E-state index contributed by atoms with van der Waals surface area (Å²) in [5.41, 5.74) is 2.17. The number of aromatic nitrogens is 2. The van der Waals surface area contributed by atoms with E-state index in [4.69, 9.17) is 0 Å². The van der Waals surface area contributed by atoms with Gasteiger partial charge in [-0.05, 0) is 47.5 Å². The van der Waals surface area contributed by atoms with Crippen molar-refractivity contribution < 1.29 is 31.1 Å². The lowest BCUT2D eigenvalue weighted by Crippen LogP contribution is -2.36. The van der Waals surface area contributed by atoms with Crippen LogP contribution >= 0.6 is 0 Å². The molecule has 176 valence electrons. The second kappa shape index (κ2) is 8.73. The number of nitrogens with one attached hydrogen (secondary N) is 2. The summed E-state index contributed by atoms with van der Waals surface area (Å²) in [6.45, 7) is -1.46. The van der Waals surface area contributed by atoms with Crippen LogP contribution in [0.1, 0.15) is 5.56 Å². The molecule has 0 atom stereocenters. The molecular weight excluding hydrogens is 462 g/mol. The first-order valence-corrected chi connectivity index (χ1v) is 9.86. The third kappa shape index (κ3) is 5.30. The highest BCUT2D eigenvalue weighted by molar-refractivity contribution is 5.90. The van der Waals surface area contributed by atoms with Gasteiger partial charge >= 0.3 is 18.4 Å². The van der Waals surface area contributed by atoms with Crippen molar-refractivity contribution in [1.29, 1.82) is 0 Å². The SMILES string of the molecule is O=C(NCC(F)(F)F)Nc1cccc(-c2cnc3cc(-c4cccc(C(F)(F)F)c4)ccn23)c1. The smallest absolute Gasteiger partial charge is 0.329 e. The Bertz CT molecular complexity index is 1340. The molecule has 2 heterocycles. The Morgan fingerprint density at radius 1 is 0.882 bits per heavy atom. The monoisotopic (exact) mass is 478 g/mol. The third-order valence-electron chi connectivity index (χ3n) is 4.90. The summed E-state index contributed by atoms with van der Waals surface area (Å²) in [7, 11) is 0. The van der Waals surface area contributed by atoms with E-state index >= 15 is 0 Å². The van der Waals surface area contributed by atoms with Crippen LogP contribution in [0.25, 0.3) is 28.0 Å². The summed E-state index contributed by atoms with van der Waals surface area (Å²) in [6.07, 6.45) is -5.77. The van der Waals surface area contributed by atoms with Gasteiger partial charge in [0.25, 0.3) is 0 Å². The number of benzene rings is 2. The topological polar surface area (TPSA) is 58.4 Å². The van der Waals surface area contributed by atoms with Crippen LogP contribution in [-0.2, 0) is 6.18 Å².